The smallest absolute Gasteiger partial charge is 0.409 e. The molecule has 33 heavy (non-hydrogen) atoms. The standard InChI is InChI=1S/C21H27N5O6S/c1-3-32-21(30)25-6-4-24(5-7-25)20(29)17-14(2)16-18(33-17)22-13-26(19(16)28)12-15(27)23-8-10-31-11-9-23/h13H,3-12H2,1-2H3. The Morgan fingerprint density at radius 1 is 1.06 bits per heavy atom. The Hall–Kier alpha value is -2.99. The maximum atomic E-state index is 13.2. The molecule has 2 saturated heterocycles. The Morgan fingerprint density at radius 2 is 1.73 bits per heavy atom. The fourth-order valence-corrected chi connectivity index (χ4v) is 5.09. The van der Waals surface area contributed by atoms with Gasteiger partial charge in [0.2, 0.25) is 5.91 Å². The summed E-state index contributed by atoms with van der Waals surface area (Å²) in [6.45, 7) is 7.23. The molecule has 2 aliphatic rings. The monoisotopic (exact) mass is 477 g/mol. The fourth-order valence-electron chi connectivity index (χ4n) is 3.98. The number of aryl methyl sites for hydroxylation is 1. The number of aromatic nitrogens is 2. The van der Waals surface area contributed by atoms with Gasteiger partial charge < -0.3 is 24.2 Å². The van der Waals surface area contributed by atoms with E-state index in [0.29, 0.717) is 79.7 Å². The van der Waals surface area contributed by atoms with E-state index >= 15 is 0 Å². The lowest BCUT2D eigenvalue weighted by atomic mass is 10.2. The van der Waals surface area contributed by atoms with Crippen LogP contribution in [0, 0.1) is 6.92 Å². The number of nitrogens with zero attached hydrogens (tertiary/aromatic N) is 5. The molecule has 0 saturated carbocycles. The number of hydrogen-bond donors (Lipinski definition) is 0. The van der Waals surface area contributed by atoms with Crippen LogP contribution in [-0.2, 0) is 20.8 Å². The van der Waals surface area contributed by atoms with E-state index in [1.165, 1.54) is 22.2 Å². The number of hydrogen-bond acceptors (Lipinski definition) is 8. The number of thiophene rings is 1. The highest BCUT2D eigenvalue weighted by atomic mass is 32.1. The van der Waals surface area contributed by atoms with Crippen LogP contribution >= 0.6 is 11.3 Å². The zero-order valence-corrected chi connectivity index (χ0v) is 19.6. The molecule has 2 aromatic rings. The van der Waals surface area contributed by atoms with Crippen molar-refractivity contribution in [3.63, 3.8) is 0 Å². The predicted octanol–water partition coefficient (Wildman–Crippen LogP) is 0.540. The average Bonchev–Trinajstić information content (AvgIpc) is 3.18. The van der Waals surface area contributed by atoms with E-state index in [1.54, 1.807) is 28.5 Å². The Morgan fingerprint density at radius 3 is 2.39 bits per heavy atom. The van der Waals surface area contributed by atoms with Crippen LogP contribution in [0.4, 0.5) is 4.79 Å². The Labute approximate surface area is 194 Å². The molecule has 0 aliphatic carbocycles. The number of carbonyl (C=O) groups excluding carboxylic acids is 3. The van der Waals surface area contributed by atoms with Gasteiger partial charge in [-0.1, -0.05) is 0 Å². The molecule has 0 radical (unpaired) electrons. The van der Waals surface area contributed by atoms with Crippen LogP contribution in [0.3, 0.4) is 0 Å². The minimum absolute atomic E-state index is 0.101. The second-order valence-electron chi connectivity index (χ2n) is 7.89. The molecule has 0 N–H and O–H groups in total. The third-order valence-electron chi connectivity index (χ3n) is 5.87. The molecule has 11 nitrogen and oxygen atoms in total. The molecule has 0 bridgehead atoms. The van der Waals surface area contributed by atoms with E-state index < -0.39 is 0 Å². The van der Waals surface area contributed by atoms with Gasteiger partial charge in [0.15, 0.2) is 0 Å². The number of ether oxygens (including phenoxy) is 2. The molecular weight excluding hydrogens is 450 g/mol. The van der Waals surface area contributed by atoms with Gasteiger partial charge in [0, 0.05) is 39.3 Å². The molecule has 2 aromatic heterocycles. The van der Waals surface area contributed by atoms with Crippen LogP contribution in [0.25, 0.3) is 10.2 Å². The molecule has 2 aliphatic heterocycles. The van der Waals surface area contributed by atoms with Crippen molar-refractivity contribution in [3.8, 4) is 0 Å². The second-order valence-corrected chi connectivity index (χ2v) is 8.88. The molecule has 0 spiro atoms. The van der Waals surface area contributed by atoms with Crippen molar-refractivity contribution >= 4 is 39.5 Å². The first-order valence-electron chi connectivity index (χ1n) is 11.0. The molecular formula is C21H27N5O6S. The van der Waals surface area contributed by atoms with Gasteiger partial charge in [-0.15, -0.1) is 11.3 Å². The van der Waals surface area contributed by atoms with Crippen molar-refractivity contribution in [2.24, 2.45) is 0 Å². The summed E-state index contributed by atoms with van der Waals surface area (Å²) < 4.78 is 11.6. The predicted molar refractivity (Wildman–Crippen MR) is 121 cm³/mol. The summed E-state index contributed by atoms with van der Waals surface area (Å²) in [6, 6.07) is 0. The highest BCUT2D eigenvalue weighted by Gasteiger charge is 2.29. The molecule has 4 rings (SSSR count). The van der Waals surface area contributed by atoms with E-state index in [2.05, 4.69) is 4.98 Å². The van der Waals surface area contributed by atoms with E-state index in [0.717, 1.165) is 0 Å². The quantitative estimate of drug-likeness (QED) is 0.631. The second kappa shape index (κ2) is 9.87. The van der Waals surface area contributed by atoms with Gasteiger partial charge in [0.05, 0.1) is 36.4 Å². The Kier molecular flexibility index (Phi) is 6.94. The van der Waals surface area contributed by atoms with Crippen LogP contribution < -0.4 is 5.56 Å². The zero-order valence-electron chi connectivity index (χ0n) is 18.7. The lowest BCUT2D eigenvalue weighted by Crippen LogP contribution is -2.50. The zero-order chi connectivity index (χ0) is 23.5. The van der Waals surface area contributed by atoms with E-state index in [4.69, 9.17) is 9.47 Å². The van der Waals surface area contributed by atoms with E-state index in [-0.39, 0.29) is 30.0 Å². The lowest BCUT2D eigenvalue weighted by Gasteiger charge is -2.33. The maximum Gasteiger partial charge on any atom is 0.409 e. The van der Waals surface area contributed by atoms with Crippen molar-refractivity contribution in [3.05, 3.63) is 27.1 Å². The van der Waals surface area contributed by atoms with Gasteiger partial charge in [-0.25, -0.2) is 9.78 Å². The van der Waals surface area contributed by atoms with Crippen molar-refractivity contribution in [2.45, 2.75) is 20.4 Å². The number of morpholine rings is 1. The highest BCUT2D eigenvalue weighted by molar-refractivity contribution is 7.20. The summed E-state index contributed by atoms with van der Waals surface area (Å²) >= 11 is 1.18. The van der Waals surface area contributed by atoms with Gasteiger partial charge in [-0.3, -0.25) is 19.0 Å². The number of carbonyl (C=O) groups is 3. The van der Waals surface area contributed by atoms with Crippen LogP contribution in [0.5, 0.6) is 0 Å². The largest absolute Gasteiger partial charge is 0.450 e. The first-order chi connectivity index (χ1) is 15.9. The van der Waals surface area contributed by atoms with Crippen LogP contribution in [0.1, 0.15) is 22.2 Å². The van der Waals surface area contributed by atoms with E-state index in [1.807, 2.05) is 0 Å². The lowest BCUT2D eigenvalue weighted by molar-refractivity contribution is -0.135. The van der Waals surface area contributed by atoms with Crippen molar-refractivity contribution in [1.29, 1.82) is 0 Å². The number of rotatable bonds is 4. The Bertz CT molecular complexity index is 1110. The topological polar surface area (TPSA) is 114 Å². The summed E-state index contributed by atoms with van der Waals surface area (Å²) in [7, 11) is 0. The van der Waals surface area contributed by atoms with Gasteiger partial charge in [0.1, 0.15) is 11.4 Å². The van der Waals surface area contributed by atoms with Gasteiger partial charge in [-0.05, 0) is 19.4 Å². The summed E-state index contributed by atoms with van der Waals surface area (Å²) in [4.78, 5) is 60.9. The molecule has 2 fully saturated rings. The molecule has 178 valence electrons. The number of fused-ring (bicyclic) bond motifs is 1. The van der Waals surface area contributed by atoms with Gasteiger partial charge in [0.25, 0.3) is 11.5 Å². The fraction of sp³-hybridized carbons (Fsp3) is 0.571. The Balaban J connectivity index is 1.50. The number of piperazine rings is 1. The van der Waals surface area contributed by atoms with Gasteiger partial charge >= 0.3 is 6.09 Å². The first-order valence-corrected chi connectivity index (χ1v) is 11.8. The third-order valence-corrected chi connectivity index (χ3v) is 7.06. The van der Waals surface area contributed by atoms with Crippen molar-refractivity contribution in [1.82, 2.24) is 24.3 Å². The summed E-state index contributed by atoms with van der Waals surface area (Å²) in [5, 5.41) is 0.366. The molecule has 3 amide bonds. The third kappa shape index (κ3) is 4.71. The maximum absolute atomic E-state index is 13.2. The summed E-state index contributed by atoms with van der Waals surface area (Å²) in [6.07, 6.45) is 0.990. The van der Waals surface area contributed by atoms with Crippen LogP contribution in [0.2, 0.25) is 0 Å². The van der Waals surface area contributed by atoms with Crippen molar-refractivity contribution in [2.75, 3.05) is 59.1 Å². The molecule has 0 atom stereocenters. The summed E-state index contributed by atoms with van der Waals surface area (Å²) in [5.41, 5.74) is 0.236. The molecule has 0 aromatic carbocycles. The SMILES string of the molecule is CCOC(=O)N1CCN(C(=O)c2sc3ncn(CC(=O)N4CCOCC4)c(=O)c3c2C)CC1. The normalized spacial score (nSPS) is 16.8. The molecule has 12 heteroatoms. The average molecular weight is 478 g/mol. The van der Waals surface area contributed by atoms with E-state index in [9.17, 15) is 19.2 Å². The summed E-state index contributed by atoms with van der Waals surface area (Å²) in [5.74, 6) is -0.348. The minimum Gasteiger partial charge on any atom is -0.450 e. The first kappa shape index (κ1) is 23.2. The molecule has 4 heterocycles. The van der Waals surface area contributed by atoms with Gasteiger partial charge in [-0.2, -0.15) is 0 Å². The number of amides is 3. The van der Waals surface area contributed by atoms with Crippen molar-refractivity contribution < 1.29 is 23.9 Å². The minimum atomic E-state index is -0.376. The molecule has 0 unspecified atom stereocenters. The van der Waals surface area contributed by atoms with Crippen LogP contribution in [-0.4, -0.2) is 101 Å². The highest BCUT2D eigenvalue weighted by Crippen LogP contribution is 2.28. The van der Waals surface area contributed by atoms with Crippen LogP contribution in [0.15, 0.2) is 11.1 Å².